The van der Waals surface area contributed by atoms with Gasteiger partial charge in [0.05, 0.1) is 0 Å². The highest BCUT2D eigenvalue weighted by molar-refractivity contribution is 5.80. The number of hydrogen-bond donors (Lipinski definition) is 2. The lowest BCUT2D eigenvalue weighted by Gasteiger charge is -2.61. The van der Waals surface area contributed by atoms with E-state index in [1.807, 2.05) is 6.07 Å². The molecule has 0 aromatic heterocycles. The molecular weight excluding hydrogens is 352 g/mol. The van der Waals surface area contributed by atoms with Crippen molar-refractivity contribution < 1.29 is 14.7 Å². The van der Waals surface area contributed by atoms with Crippen molar-refractivity contribution in [2.45, 2.75) is 77.3 Å². The summed E-state index contributed by atoms with van der Waals surface area (Å²) in [6, 6.07) is 6.05. The van der Waals surface area contributed by atoms with Crippen LogP contribution in [0.25, 0.3) is 0 Å². The van der Waals surface area contributed by atoms with Gasteiger partial charge in [-0.1, -0.05) is 32.9 Å². The minimum Gasteiger partial charge on any atom is -0.508 e. The Bertz CT molecular complexity index is 818. The van der Waals surface area contributed by atoms with E-state index in [1.165, 1.54) is 12.5 Å². The summed E-state index contributed by atoms with van der Waals surface area (Å²) in [5.74, 6) is 0.548. The van der Waals surface area contributed by atoms with Crippen LogP contribution in [0.1, 0.15) is 64.5 Å². The van der Waals surface area contributed by atoms with Crippen molar-refractivity contribution in [1.29, 1.82) is 0 Å². The van der Waals surface area contributed by atoms with Crippen molar-refractivity contribution in [3.05, 3.63) is 29.3 Å². The number of aromatic hydroxyl groups is 1. The van der Waals surface area contributed by atoms with E-state index < -0.39 is 0 Å². The predicted molar refractivity (Wildman–Crippen MR) is 108 cm³/mol. The molecule has 2 aliphatic carbocycles. The van der Waals surface area contributed by atoms with Gasteiger partial charge in [-0.05, 0) is 54.7 Å². The van der Waals surface area contributed by atoms with E-state index in [1.54, 1.807) is 6.07 Å². The minimum absolute atomic E-state index is 0.0113. The molecular formula is C23H32N2O3. The van der Waals surface area contributed by atoms with Crippen LogP contribution < -0.4 is 5.32 Å². The molecule has 0 unspecified atom stereocenters. The number of amides is 2. The molecule has 1 aromatic carbocycles. The Hall–Kier alpha value is -2.04. The predicted octanol–water partition coefficient (Wildman–Crippen LogP) is 3.14. The molecule has 2 bridgehead atoms. The van der Waals surface area contributed by atoms with Gasteiger partial charge in [0.2, 0.25) is 11.8 Å². The van der Waals surface area contributed by atoms with Gasteiger partial charge in [0.15, 0.2) is 0 Å². The van der Waals surface area contributed by atoms with Crippen molar-refractivity contribution in [1.82, 2.24) is 10.2 Å². The lowest BCUT2D eigenvalue weighted by atomic mass is 9.51. The molecule has 2 amide bonds. The number of benzene rings is 1. The van der Waals surface area contributed by atoms with Crippen LogP contribution in [-0.2, 0) is 21.4 Å². The average Bonchev–Trinajstić information content (AvgIpc) is 3.06. The topological polar surface area (TPSA) is 69.6 Å². The summed E-state index contributed by atoms with van der Waals surface area (Å²) in [7, 11) is 0. The first-order valence-corrected chi connectivity index (χ1v) is 10.5. The highest BCUT2D eigenvalue weighted by Crippen LogP contribution is 2.57. The van der Waals surface area contributed by atoms with E-state index in [4.69, 9.17) is 0 Å². The van der Waals surface area contributed by atoms with Crippen LogP contribution in [0.2, 0.25) is 0 Å². The summed E-state index contributed by atoms with van der Waals surface area (Å²) in [4.78, 5) is 26.9. The highest BCUT2D eigenvalue weighted by Gasteiger charge is 2.57. The molecule has 1 saturated carbocycles. The van der Waals surface area contributed by atoms with Crippen molar-refractivity contribution >= 4 is 11.8 Å². The Morgan fingerprint density at radius 1 is 1.21 bits per heavy atom. The number of nitrogens with zero attached hydrogens (tertiary/aromatic N) is 1. The second-order valence-electron chi connectivity index (χ2n) is 9.77. The number of hydrogen-bond acceptors (Lipinski definition) is 3. The molecule has 1 heterocycles. The summed E-state index contributed by atoms with van der Waals surface area (Å²) in [5.41, 5.74) is 2.12. The van der Waals surface area contributed by atoms with Crippen LogP contribution in [0.15, 0.2) is 18.2 Å². The lowest BCUT2D eigenvalue weighted by molar-refractivity contribution is -0.148. The maximum absolute atomic E-state index is 13.5. The third kappa shape index (κ3) is 2.73. The summed E-state index contributed by atoms with van der Waals surface area (Å²) < 4.78 is 0. The molecule has 4 atom stereocenters. The monoisotopic (exact) mass is 384 g/mol. The number of piperidine rings is 1. The number of rotatable bonds is 2. The normalized spacial score (nSPS) is 33.3. The Morgan fingerprint density at radius 3 is 2.68 bits per heavy atom. The van der Waals surface area contributed by atoms with Crippen LogP contribution in [0.5, 0.6) is 5.75 Å². The second-order valence-corrected chi connectivity index (χ2v) is 9.77. The van der Waals surface area contributed by atoms with E-state index >= 15 is 0 Å². The number of carbonyl (C=O) groups excluding carboxylic acids is 2. The molecule has 2 N–H and O–H groups in total. The molecule has 0 radical (unpaired) electrons. The summed E-state index contributed by atoms with van der Waals surface area (Å²) in [6.07, 6.45) is 4.06. The van der Waals surface area contributed by atoms with Gasteiger partial charge < -0.3 is 15.3 Å². The average molecular weight is 385 g/mol. The quantitative estimate of drug-likeness (QED) is 0.823. The van der Waals surface area contributed by atoms with E-state index in [0.29, 0.717) is 12.2 Å². The largest absolute Gasteiger partial charge is 0.508 e. The third-order valence-corrected chi connectivity index (χ3v) is 8.10. The SMILES string of the molecule is CC(=O)N[C@@H]1CC[C@@H](C(=O)N2CC[C@@]3(C)c4cccc(O)c4C[C@@H]2C3(C)C)C1. The summed E-state index contributed by atoms with van der Waals surface area (Å²) in [5, 5.41) is 13.5. The number of nitrogens with one attached hydrogen (secondary N) is 1. The Morgan fingerprint density at radius 2 is 1.96 bits per heavy atom. The van der Waals surface area contributed by atoms with Crippen molar-refractivity contribution in [3.8, 4) is 5.75 Å². The van der Waals surface area contributed by atoms with Gasteiger partial charge in [0.1, 0.15) is 5.75 Å². The fraction of sp³-hybridized carbons (Fsp3) is 0.652. The van der Waals surface area contributed by atoms with Gasteiger partial charge in [-0.15, -0.1) is 0 Å². The van der Waals surface area contributed by atoms with E-state index in [2.05, 4.69) is 37.1 Å². The number of fused-ring (bicyclic) bond motifs is 4. The first-order valence-electron chi connectivity index (χ1n) is 10.5. The van der Waals surface area contributed by atoms with Gasteiger partial charge in [-0.3, -0.25) is 9.59 Å². The fourth-order valence-electron chi connectivity index (χ4n) is 6.05. The van der Waals surface area contributed by atoms with Gasteiger partial charge in [0, 0.05) is 36.9 Å². The van der Waals surface area contributed by atoms with E-state index in [-0.39, 0.29) is 40.6 Å². The standard InChI is InChI=1S/C23H32N2O3/c1-14(26)24-16-9-8-15(12-16)21(28)25-11-10-23(4)18-6-5-7-19(27)17(18)13-20(25)22(23,2)3/h5-7,15-16,20,27H,8-13H2,1-4H3,(H,24,26)/t15-,16-,20-,23+/m1/s1. The minimum atomic E-state index is -0.0721. The molecule has 152 valence electrons. The molecule has 1 aromatic rings. The van der Waals surface area contributed by atoms with Gasteiger partial charge in [-0.25, -0.2) is 0 Å². The van der Waals surface area contributed by atoms with Gasteiger partial charge >= 0.3 is 0 Å². The summed E-state index contributed by atoms with van der Waals surface area (Å²) >= 11 is 0. The summed E-state index contributed by atoms with van der Waals surface area (Å²) in [6.45, 7) is 9.15. The third-order valence-electron chi connectivity index (χ3n) is 8.10. The maximum atomic E-state index is 13.5. The molecule has 5 nitrogen and oxygen atoms in total. The zero-order valence-corrected chi connectivity index (χ0v) is 17.4. The Balaban J connectivity index is 1.62. The highest BCUT2D eigenvalue weighted by atomic mass is 16.3. The Labute approximate surface area is 167 Å². The molecule has 4 rings (SSSR count). The van der Waals surface area contributed by atoms with Crippen LogP contribution in [0.3, 0.4) is 0 Å². The molecule has 3 aliphatic rings. The molecule has 0 spiro atoms. The molecule has 1 aliphatic heterocycles. The van der Waals surface area contributed by atoms with Crippen LogP contribution in [0, 0.1) is 11.3 Å². The van der Waals surface area contributed by atoms with Crippen molar-refractivity contribution in [2.24, 2.45) is 11.3 Å². The van der Waals surface area contributed by atoms with Crippen LogP contribution in [-0.4, -0.2) is 40.4 Å². The molecule has 5 heteroatoms. The smallest absolute Gasteiger partial charge is 0.226 e. The molecule has 28 heavy (non-hydrogen) atoms. The first-order chi connectivity index (χ1) is 13.1. The van der Waals surface area contributed by atoms with Crippen molar-refractivity contribution in [2.75, 3.05) is 6.54 Å². The zero-order valence-electron chi connectivity index (χ0n) is 17.4. The number of carbonyl (C=O) groups is 2. The van der Waals surface area contributed by atoms with E-state index in [9.17, 15) is 14.7 Å². The van der Waals surface area contributed by atoms with E-state index in [0.717, 1.165) is 37.8 Å². The maximum Gasteiger partial charge on any atom is 0.226 e. The lowest BCUT2D eigenvalue weighted by Crippen LogP contribution is -2.65. The van der Waals surface area contributed by atoms with Crippen LogP contribution in [0.4, 0.5) is 0 Å². The van der Waals surface area contributed by atoms with Gasteiger partial charge in [0.25, 0.3) is 0 Å². The van der Waals surface area contributed by atoms with Gasteiger partial charge in [-0.2, -0.15) is 0 Å². The van der Waals surface area contributed by atoms with Crippen LogP contribution >= 0.6 is 0 Å². The first kappa shape index (κ1) is 19.3. The zero-order chi connectivity index (χ0) is 20.3. The Kier molecular flexibility index (Phi) is 4.48. The molecule has 1 saturated heterocycles. The second kappa shape index (κ2) is 6.50. The number of likely N-dealkylation sites (tertiary alicyclic amines) is 1. The number of phenols is 1. The van der Waals surface area contributed by atoms with Crippen molar-refractivity contribution in [3.63, 3.8) is 0 Å². The molecule has 2 fully saturated rings. The fourth-order valence-corrected chi connectivity index (χ4v) is 6.05. The number of phenolic OH excluding ortho intramolecular Hbond substituents is 1.